The van der Waals surface area contributed by atoms with Crippen LogP contribution in [0.2, 0.25) is 0 Å². The predicted molar refractivity (Wildman–Crippen MR) is 81.0 cm³/mol. The quantitative estimate of drug-likeness (QED) is 0.860. The Morgan fingerprint density at radius 1 is 1.24 bits per heavy atom. The minimum Gasteiger partial charge on any atom is -0.467 e. The van der Waals surface area contributed by atoms with Gasteiger partial charge in [0.25, 0.3) is 0 Å². The van der Waals surface area contributed by atoms with Crippen LogP contribution in [0.25, 0.3) is 0 Å². The molecule has 3 rings (SSSR count). The van der Waals surface area contributed by atoms with Crippen LogP contribution in [0.1, 0.15) is 24.0 Å². The van der Waals surface area contributed by atoms with Gasteiger partial charge in [0.15, 0.2) is 6.79 Å². The van der Waals surface area contributed by atoms with E-state index in [1.807, 2.05) is 12.1 Å². The van der Waals surface area contributed by atoms with Crippen LogP contribution in [-0.4, -0.2) is 38.5 Å². The van der Waals surface area contributed by atoms with Crippen molar-refractivity contribution in [2.75, 3.05) is 39.3 Å². The number of ether oxygens (including phenoxy) is 3. The van der Waals surface area contributed by atoms with E-state index in [0.29, 0.717) is 13.4 Å². The van der Waals surface area contributed by atoms with E-state index in [1.54, 1.807) is 0 Å². The second kappa shape index (κ2) is 6.64. The number of nitrogens with zero attached hydrogens (tertiary/aromatic N) is 1. The number of fused-ring (bicyclic) bond motifs is 1. The number of benzene rings is 1. The van der Waals surface area contributed by atoms with Crippen molar-refractivity contribution in [1.29, 1.82) is 0 Å². The van der Waals surface area contributed by atoms with Gasteiger partial charge in [0.05, 0.1) is 6.61 Å². The molecular formula is C16H24N2O3. The van der Waals surface area contributed by atoms with Crippen LogP contribution in [0.15, 0.2) is 12.1 Å². The van der Waals surface area contributed by atoms with Crippen molar-refractivity contribution >= 4 is 5.69 Å². The van der Waals surface area contributed by atoms with Crippen LogP contribution < -0.4 is 10.5 Å². The number of rotatable bonds is 4. The van der Waals surface area contributed by atoms with Crippen molar-refractivity contribution in [2.24, 2.45) is 5.92 Å². The number of nitrogens with two attached hydrogens (primary N) is 1. The first-order chi connectivity index (χ1) is 10.2. The molecule has 0 radical (unpaired) electrons. The molecule has 1 aromatic carbocycles. The average Bonchev–Trinajstić information content (AvgIpc) is 2.48. The highest BCUT2D eigenvalue weighted by Gasteiger charge is 2.19. The lowest BCUT2D eigenvalue weighted by Gasteiger charge is -2.28. The van der Waals surface area contributed by atoms with Gasteiger partial charge in [-0.25, -0.2) is 0 Å². The highest BCUT2D eigenvalue weighted by atomic mass is 16.7. The summed E-state index contributed by atoms with van der Waals surface area (Å²) in [4.78, 5) is 2.35. The highest BCUT2D eigenvalue weighted by Crippen LogP contribution is 2.31. The summed E-state index contributed by atoms with van der Waals surface area (Å²) in [5.74, 6) is 1.68. The molecule has 1 aromatic rings. The van der Waals surface area contributed by atoms with Crippen molar-refractivity contribution in [3.05, 3.63) is 23.3 Å². The molecule has 1 fully saturated rings. The molecule has 116 valence electrons. The van der Waals surface area contributed by atoms with Crippen molar-refractivity contribution in [2.45, 2.75) is 26.0 Å². The van der Waals surface area contributed by atoms with Crippen molar-refractivity contribution in [3.8, 4) is 5.75 Å². The van der Waals surface area contributed by atoms with Gasteiger partial charge in [-0.05, 0) is 37.9 Å². The zero-order valence-electron chi connectivity index (χ0n) is 12.6. The third kappa shape index (κ3) is 3.67. The second-order valence-corrected chi connectivity index (χ2v) is 6.03. The number of nitrogen functional groups attached to an aromatic ring is 1. The lowest BCUT2D eigenvalue weighted by Crippen LogP contribution is -2.29. The number of anilines is 1. The summed E-state index contributed by atoms with van der Waals surface area (Å²) in [5.41, 5.74) is 8.98. The molecule has 0 aliphatic carbocycles. The van der Waals surface area contributed by atoms with E-state index in [1.165, 1.54) is 0 Å². The summed E-state index contributed by atoms with van der Waals surface area (Å²) in [6.07, 6.45) is 2.31. The minimum atomic E-state index is 0.327. The zero-order valence-corrected chi connectivity index (χ0v) is 12.6. The molecule has 2 heterocycles. The molecule has 0 saturated carbocycles. The molecule has 2 aliphatic rings. The first-order valence-corrected chi connectivity index (χ1v) is 7.60. The Hall–Kier alpha value is -1.30. The largest absolute Gasteiger partial charge is 0.467 e. The van der Waals surface area contributed by atoms with Crippen LogP contribution in [0.4, 0.5) is 5.69 Å². The van der Waals surface area contributed by atoms with E-state index in [0.717, 1.165) is 67.6 Å². The van der Waals surface area contributed by atoms with E-state index >= 15 is 0 Å². The number of hydrogen-bond acceptors (Lipinski definition) is 5. The fourth-order valence-electron chi connectivity index (χ4n) is 3.17. The van der Waals surface area contributed by atoms with E-state index in [9.17, 15) is 0 Å². The molecular weight excluding hydrogens is 268 g/mol. The first-order valence-electron chi connectivity index (χ1n) is 7.60. The van der Waals surface area contributed by atoms with E-state index < -0.39 is 0 Å². The maximum absolute atomic E-state index is 6.00. The Morgan fingerprint density at radius 3 is 2.86 bits per heavy atom. The van der Waals surface area contributed by atoms with Gasteiger partial charge < -0.3 is 24.8 Å². The maximum Gasteiger partial charge on any atom is 0.189 e. The molecule has 2 N–H and O–H groups in total. The summed E-state index contributed by atoms with van der Waals surface area (Å²) in [7, 11) is 2.16. The van der Waals surface area contributed by atoms with E-state index in [2.05, 4.69) is 11.9 Å². The Morgan fingerprint density at radius 2 is 2.05 bits per heavy atom. The fraction of sp³-hybridized carbons (Fsp3) is 0.625. The van der Waals surface area contributed by atoms with Crippen molar-refractivity contribution < 1.29 is 14.2 Å². The molecule has 0 unspecified atom stereocenters. The van der Waals surface area contributed by atoms with E-state index in [-0.39, 0.29) is 0 Å². The van der Waals surface area contributed by atoms with E-state index in [4.69, 9.17) is 19.9 Å². The van der Waals surface area contributed by atoms with Crippen molar-refractivity contribution in [3.63, 3.8) is 0 Å². The lowest BCUT2D eigenvalue weighted by molar-refractivity contribution is -0.0174. The zero-order chi connectivity index (χ0) is 14.7. The summed E-state index contributed by atoms with van der Waals surface area (Å²) < 4.78 is 16.4. The lowest BCUT2D eigenvalue weighted by atomic mass is 9.99. The Balaban J connectivity index is 1.67. The molecule has 1 saturated heterocycles. The summed E-state index contributed by atoms with van der Waals surface area (Å²) in [6.45, 7) is 4.64. The molecule has 2 aliphatic heterocycles. The standard InChI is InChI=1S/C16H24N2O3/c1-18(8-12-2-4-19-5-3-12)9-13-6-15(17)7-14-10-20-11-21-16(13)14/h6-7,12H,2-5,8-11,17H2,1H3. The molecule has 0 spiro atoms. The van der Waals surface area contributed by atoms with Crippen molar-refractivity contribution in [1.82, 2.24) is 4.90 Å². The molecule has 0 amide bonds. The summed E-state index contributed by atoms with van der Waals surface area (Å²) in [5, 5.41) is 0. The number of hydrogen-bond donors (Lipinski definition) is 1. The third-order valence-corrected chi connectivity index (χ3v) is 4.16. The Bertz CT molecular complexity index is 487. The fourth-order valence-corrected chi connectivity index (χ4v) is 3.17. The monoisotopic (exact) mass is 292 g/mol. The van der Waals surface area contributed by atoms with Gasteiger partial charge in [-0.3, -0.25) is 0 Å². The summed E-state index contributed by atoms with van der Waals surface area (Å²) in [6, 6.07) is 3.96. The van der Waals surface area contributed by atoms with Crippen LogP contribution in [-0.2, 0) is 22.6 Å². The van der Waals surface area contributed by atoms with Gasteiger partial charge in [0.1, 0.15) is 5.75 Å². The van der Waals surface area contributed by atoms with Gasteiger partial charge in [-0.15, -0.1) is 0 Å². The SMILES string of the molecule is CN(Cc1cc(N)cc2c1OCOC2)CC1CCOCC1. The van der Waals surface area contributed by atoms with Crippen LogP contribution in [0, 0.1) is 5.92 Å². The predicted octanol–water partition coefficient (Wildman–Crippen LogP) is 1.99. The van der Waals surface area contributed by atoms with Gasteiger partial charge in [-0.2, -0.15) is 0 Å². The first kappa shape index (κ1) is 14.6. The normalized spacial score (nSPS) is 19.3. The molecule has 0 bridgehead atoms. The topological polar surface area (TPSA) is 57.0 Å². The molecule has 21 heavy (non-hydrogen) atoms. The third-order valence-electron chi connectivity index (χ3n) is 4.16. The van der Waals surface area contributed by atoms with Gasteiger partial charge in [0, 0.05) is 43.1 Å². The maximum atomic E-state index is 6.00. The molecule has 5 heteroatoms. The molecule has 0 aromatic heterocycles. The average molecular weight is 292 g/mol. The van der Waals surface area contributed by atoms with Gasteiger partial charge in [0.2, 0.25) is 0 Å². The summed E-state index contributed by atoms with van der Waals surface area (Å²) >= 11 is 0. The minimum absolute atomic E-state index is 0.327. The Kier molecular flexibility index (Phi) is 4.63. The van der Waals surface area contributed by atoms with Crippen LogP contribution >= 0.6 is 0 Å². The van der Waals surface area contributed by atoms with Crippen LogP contribution in [0.3, 0.4) is 0 Å². The molecule has 5 nitrogen and oxygen atoms in total. The smallest absolute Gasteiger partial charge is 0.189 e. The highest BCUT2D eigenvalue weighted by molar-refractivity contribution is 5.53. The van der Waals surface area contributed by atoms with Crippen LogP contribution in [0.5, 0.6) is 5.75 Å². The Labute approximate surface area is 126 Å². The molecule has 0 atom stereocenters. The second-order valence-electron chi connectivity index (χ2n) is 6.03. The van der Waals surface area contributed by atoms with Gasteiger partial charge in [-0.1, -0.05) is 0 Å². The van der Waals surface area contributed by atoms with Gasteiger partial charge >= 0.3 is 0 Å².